The number of aliphatic hydroxyl groups is 1. The van der Waals surface area contributed by atoms with E-state index in [1.54, 1.807) is 24.5 Å². The predicted octanol–water partition coefficient (Wildman–Crippen LogP) is 4.16. The molecule has 1 aliphatic rings. The Morgan fingerprint density at radius 3 is 2.54 bits per heavy atom. The molecule has 4 rings (SSSR count). The number of aliphatic hydroxyl groups excluding tert-OH is 1. The van der Waals surface area contributed by atoms with E-state index in [0.717, 1.165) is 16.7 Å². The first-order chi connectivity index (χ1) is 12.4. The summed E-state index contributed by atoms with van der Waals surface area (Å²) < 4.78 is 39.5. The summed E-state index contributed by atoms with van der Waals surface area (Å²) in [6.07, 6.45) is -1.72. The highest BCUT2D eigenvalue weighted by Crippen LogP contribution is 2.37. The number of hydrogen-bond acceptors (Lipinski definition) is 2. The summed E-state index contributed by atoms with van der Waals surface area (Å²) in [5.41, 5.74) is 3.08. The van der Waals surface area contributed by atoms with Gasteiger partial charge in [-0.05, 0) is 16.7 Å². The lowest BCUT2D eigenvalue weighted by atomic mass is 10.1. The van der Waals surface area contributed by atoms with Crippen molar-refractivity contribution in [3.63, 3.8) is 0 Å². The van der Waals surface area contributed by atoms with E-state index < -0.39 is 18.7 Å². The third-order valence-corrected chi connectivity index (χ3v) is 4.75. The van der Waals surface area contributed by atoms with Gasteiger partial charge in [0, 0.05) is 24.4 Å². The van der Waals surface area contributed by atoms with Gasteiger partial charge in [0.15, 0.2) is 0 Å². The topological polar surface area (TPSA) is 38.0 Å². The predicted molar refractivity (Wildman–Crippen MR) is 91.7 cm³/mol. The Bertz CT molecular complexity index is 915. The lowest BCUT2D eigenvalue weighted by Crippen LogP contribution is -2.21. The fourth-order valence-electron chi connectivity index (χ4n) is 3.65. The van der Waals surface area contributed by atoms with Crippen molar-refractivity contribution in [2.45, 2.75) is 31.2 Å². The zero-order chi connectivity index (χ0) is 18.3. The largest absolute Gasteiger partial charge is 0.393 e. The Hall–Kier alpha value is -2.60. The lowest BCUT2D eigenvalue weighted by Gasteiger charge is -2.20. The first-order valence-corrected chi connectivity index (χ1v) is 8.37. The van der Waals surface area contributed by atoms with Gasteiger partial charge in [-0.25, -0.2) is 4.98 Å². The number of hydrogen-bond donors (Lipinski definition) is 1. The van der Waals surface area contributed by atoms with Crippen LogP contribution in [0.5, 0.6) is 0 Å². The molecule has 2 atom stereocenters. The molecule has 0 aliphatic heterocycles. The molecule has 0 amide bonds. The van der Waals surface area contributed by atoms with Crippen LogP contribution in [0.3, 0.4) is 0 Å². The lowest BCUT2D eigenvalue weighted by molar-refractivity contribution is -0.127. The quantitative estimate of drug-likeness (QED) is 0.763. The molecule has 1 aliphatic carbocycles. The molecule has 1 N–H and O–H groups in total. The van der Waals surface area contributed by atoms with Gasteiger partial charge in [-0.3, -0.25) is 0 Å². The molecule has 0 saturated heterocycles. The van der Waals surface area contributed by atoms with Gasteiger partial charge >= 0.3 is 6.18 Å². The molecule has 3 aromatic rings. The second kappa shape index (κ2) is 6.29. The Morgan fingerprint density at radius 1 is 1.08 bits per heavy atom. The van der Waals surface area contributed by atoms with Gasteiger partial charge in [-0.15, -0.1) is 0 Å². The number of benzene rings is 2. The minimum Gasteiger partial charge on any atom is -0.390 e. The van der Waals surface area contributed by atoms with Crippen LogP contribution in [0.4, 0.5) is 13.2 Å². The molecular formula is C20H17F3N2O. The Morgan fingerprint density at radius 2 is 1.81 bits per heavy atom. The standard InChI is InChI=1S/C20H17F3N2O/c21-20(22,23)12-13-5-7-14(8-6-13)19-24-9-10-25(19)18-16-4-2-1-3-15(16)11-17(18)26/h1-10,17-18,26H,11-12H2/t17-,18+/m0/s1. The molecule has 1 aromatic heterocycles. The van der Waals surface area contributed by atoms with Crippen LogP contribution in [0, 0.1) is 0 Å². The van der Waals surface area contributed by atoms with E-state index in [4.69, 9.17) is 0 Å². The second-order valence-electron chi connectivity index (χ2n) is 6.56. The summed E-state index contributed by atoms with van der Waals surface area (Å²) in [6.45, 7) is 0. The van der Waals surface area contributed by atoms with Gasteiger partial charge in [-0.1, -0.05) is 48.5 Å². The molecule has 0 fully saturated rings. The second-order valence-corrected chi connectivity index (χ2v) is 6.56. The van der Waals surface area contributed by atoms with Crippen LogP contribution in [-0.4, -0.2) is 26.9 Å². The number of fused-ring (bicyclic) bond motifs is 1. The first-order valence-electron chi connectivity index (χ1n) is 8.37. The van der Waals surface area contributed by atoms with Crippen molar-refractivity contribution in [1.82, 2.24) is 9.55 Å². The third kappa shape index (κ3) is 3.12. The minimum atomic E-state index is -4.22. The number of imidazole rings is 1. The molecular weight excluding hydrogens is 341 g/mol. The Kier molecular flexibility index (Phi) is 4.07. The van der Waals surface area contributed by atoms with Gasteiger partial charge in [0.05, 0.1) is 18.6 Å². The van der Waals surface area contributed by atoms with Crippen molar-refractivity contribution in [3.05, 3.63) is 77.6 Å². The van der Waals surface area contributed by atoms with Crippen molar-refractivity contribution in [1.29, 1.82) is 0 Å². The summed E-state index contributed by atoms with van der Waals surface area (Å²) in [5, 5.41) is 10.6. The number of aromatic nitrogens is 2. The van der Waals surface area contributed by atoms with Gasteiger partial charge < -0.3 is 9.67 Å². The van der Waals surface area contributed by atoms with E-state index in [0.29, 0.717) is 12.2 Å². The van der Waals surface area contributed by atoms with Crippen molar-refractivity contribution < 1.29 is 18.3 Å². The van der Waals surface area contributed by atoms with E-state index >= 15 is 0 Å². The molecule has 1 heterocycles. The zero-order valence-electron chi connectivity index (χ0n) is 13.8. The summed E-state index contributed by atoms with van der Waals surface area (Å²) in [5.74, 6) is 0.629. The highest BCUT2D eigenvalue weighted by molar-refractivity contribution is 5.57. The molecule has 3 nitrogen and oxygen atoms in total. The summed E-state index contributed by atoms with van der Waals surface area (Å²) in [4.78, 5) is 4.37. The van der Waals surface area contributed by atoms with Crippen LogP contribution < -0.4 is 0 Å². The highest BCUT2D eigenvalue weighted by atomic mass is 19.4. The van der Waals surface area contributed by atoms with Crippen LogP contribution in [0.1, 0.15) is 22.7 Å². The Balaban J connectivity index is 1.68. The minimum absolute atomic E-state index is 0.214. The highest BCUT2D eigenvalue weighted by Gasteiger charge is 2.33. The average molecular weight is 358 g/mol. The number of nitrogens with zero attached hydrogens (tertiary/aromatic N) is 2. The normalized spacial score (nSPS) is 19.5. The van der Waals surface area contributed by atoms with Crippen LogP contribution >= 0.6 is 0 Å². The summed E-state index contributed by atoms with van der Waals surface area (Å²) in [6, 6.07) is 13.9. The van der Waals surface area contributed by atoms with E-state index in [1.165, 1.54) is 12.1 Å². The Labute approximate surface area is 148 Å². The number of halogens is 3. The maximum Gasteiger partial charge on any atom is 0.393 e. The smallest absolute Gasteiger partial charge is 0.390 e. The van der Waals surface area contributed by atoms with Crippen LogP contribution in [-0.2, 0) is 12.8 Å². The van der Waals surface area contributed by atoms with E-state index in [1.807, 2.05) is 28.8 Å². The van der Waals surface area contributed by atoms with Gasteiger partial charge in [0.25, 0.3) is 0 Å². The average Bonchev–Trinajstić information content (AvgIpc) is 3.17. The van der Waals surface area contributed by atoms with Crippen molar-refractivity contribution in [2.75, 3.05) is 0 Å². The molecule has 26 heavy (non-hydrogen) atoms. The van der Waals surface area contributed by atoms with Crippen LogP contribution in [0.15, 0.2) is 60.9 Å². The molecule has 0 spiro atoms. The van der Waals surface area contributed by atoms with E-state index in [9.17, 15) is 18.3 Å². The van der Waals surface area contributed by atoms with E-state index in [-0.39, 0.29) is 11.6 Å². The number of rotatable bonds is 3. The van der Waals surface area contributed by atoms with Crippen molar-refractivity contribution in [2.24, 2.45) is 0 Å². The van der Waals surface area contributed by atoms with Gasteiger partial charge in [0.1, 0.15) is 5.82 Å². The van der Waals surface area contributed by atoms with Gasteiger partial charge in [0.2, 0.25) is 0 Å². The maximum absolute atomic E-state index is 12.5. The zero-order valence-corrected chi connectivity index (χ0v) is 13.8. The van der Waals surface area contributed by atoms with Crippen LogP contribution in [0.25, 0.3) is 11.4 Å². The molecule has 6 heteroatoms. The fraction of sp³-hybridized carbons (Fsp3) is 0.250. The van der Waals surface area contributed by atoms with Gasteiger partial charge in [-0.2, -0.15) is 13.2 Å². The molecule has 0 radical (unpaired) electrons. The maximum atomic E-state index is 12.5. The molecule has 0 bridgehead atoms. The van der Waals surface area contributed by atoms with Crippen LogP contribution in [0.2, 0.25) is 0 Å². The molecule has 0 unspecified atom stereocenters. The molecule has 134 valence electrons. The number of alkyl halides is 3. The molecule has 0 saturated carbocycles. The van der Waals surface area contributed by atoms with Crippen molar-refractivity contribution >= 4 is 0 Å². The molecule has 2 aromatic carbocycles. The van der Waals surface area contributed by atoms with Crippen molar-refractivity contribution in [3.8, 4) is 11.4 Å². The SMILES string of the molecule is O[C@H]1Cc2ccccc2[C@H]1n1ccnc1-c1ccc(CC(F)(F)F)cc1. The monoisotopic (exact) mass is 358 g/mol. The fourth-order valence-corrected chi connectivity index (χ4v) is 3.65. The first kappa shape index (κ1) is 16.8. The third-order valence-electron chi connectivity index (χ3n) is 4.75. The van der Waals surface area contributed by atoms with E-state index in [2.05, 4.69) is 4.98 Å². The summed E-state index contributed by atoms with van der Waals surface area (Å²) in [7, 11) is 0. The summed E-state index contributed by atoms with van der Waals surface area (Å²) >= 11 is 0.